The highest BCUT2D eigenvalue weighted by atomic mass is 32.1. The first-order valence-corrected chi connectivity index (χ1v) is 8.39. The molecule has 0 saturated carbocycles. The van der Waals surface area contributed by atoms with Crippen LogP contribution in [0.3, 0.4) is 0 Å². The standard InChI is InChI=1S/C15H22N2O2S/c18-15(14-3-9-20-12-14)17-5-1-4-16(6-7-17)10-13-2-8-19-11-13/h3,9,12-13H,1-2,4-8,10-11H2. The van der Waals surface area contributed by atoms with Crippen LogP contribution in [0.4, 0.5) is 0 Å². The molecule has 5 heteroatoms. The summed E-state index contributed by atoms with van der Waals surface area (Å²) in [6.45, 7) is 6.78. The Bertz CT molecular complexity index is 429. The number of hydrogen-bond acceptors (Lipinski definition) is 4. The third-order valence-electron chi connectivity index (χ3n) is 4.18. The monoisotopic (exact) mass is 294 g/mol. The summed E-state index contributed by atoms with van der Waals surface area (Å²) in [4.78, 5) is 16.9. The number of carbonyl (C=O) groups excluding carboxylic acids is 1. The topological polar surface area (TPSA) is 32.8 Å². The Kier molecular flexibility index (Phi) is 4.70. The molecule has 2 fully saturated rings. The third-order valence-corrected chi connectivity index (χ3v) is 4.87. The summed E-state index contributed by atoms with van der Waals surface area (Å²) in [5.74, 6) is 0.881. The lowest BCUT2D eigenvalue weighted by Gasteiger charge is -2.23. The molecule has 1 atom stereocenters. The number of carbonyl (C=O) groups is 1. The zero-order valence-electron chi connectivity index (χ0n) is 11.8. The van der Waals surface area contributed by atoms with Crippen LogP contribution in [0.1, 0.15) is 23.2 Å². The van der Waals surface area contributed by atoms with Crippen molar-refractivity contribution in [1.82, 2.24) is 9.80 Å². The highest BCUT2D eigenvalue weighted by Gasteiger charge is 2.23. The normalized spacial score (nSPS) is 24.8. The summed E-state index contributed by atoms with van der Waals surface area (Å²) >= 11 is 1.59. The fourth-order valence-corrected chi connectivity index (χ4v) is 3.65. The number of ether oxygens (including phenoxy) is 1. The fourth-order valence-electron chi connectivity index (χ4n) is 3.02. The summed E-state index contributed by atoms with van der Waals surface area (Å²) in [6.07, 6.45) is 2.26. The van der Waals surface area contributed by atoms with Crippen molar-refractivity contribution in [2.75, 3.05) is 45.9 Å². The van der Waals surface area contributed by atoms with Crippen molar-refractivity contribution in [1.29, 1.82) is 0 Å². The van der Waals surface area contributed by atoms with Crippen LogP contribution in [0.15, 0.2) is 16.8 Å². The molecule has 0 N–H and O–H groups in total. The van der Waals surface area contributed by atoms with E-state index in [1.807, 2.05) is 21.7 Å². The van der Waals surface area contributed by atoms with Crippen molar-refractivity contribution < 1.29 is 9.53 Å². The zero-order chi connectivity index (χ0) is 13.8. The van der Waals surface area contributed by atoms with Gasteiger partial charge in [0, 0.05) is 38.2 Å². The predicted molar refractivity (Wildman–Crippen MR) is 80.2 cm³/mol. The Labute approximate surface area is 124 Å². The zero-order valence-corrected chi connectivity index (χ0v) is 12.6. The minimum atomic E-state index is 0.192. The minimum absolute atomic E-state index is 0.192. The Balaban J connectivity index is 1.52. The number of rotatable bonds is 3. The Hall–Kier alpha value is -0.910. The van der Waals surface area contributed by atoms with Crippen molar-refractivity contribution in [3.8, 4) is 0 Å². The molecule has 0 radical (unpaired) electrons. The number of hydrogen-bond donors (Lipinski definition) is 0. The number of thiophene rings is 1. The molecule has 2 saturated heterocycles. The molecule has 110 valence electrons. The van der Waals surface area contributed by atoms with Gasteiger partial charge in [-0.25, -0.2) is 0 Å². The first-order valence-electron chi connectivity index (χ1n) is 7.44. The maximum absolute atomic E-state index is 12.4. The summed E-state index contributed by atoms with van der Waals surface area (Å²) in [6, 6.07) is 1.92. The molecule has 0 aromatic carbocycles. The molecular formula is C15H22N2O2S. The maximum Gasteiger partial charge on any atom is 0.254 e. The van der Waals surface area contributed by atoms with Gasteiger partial charge in [0.2, 0.25) is 0 Å². The van der Waals surface area contributed by atoms with Gasteiger partial charge in [0.1, 0.15) is 0 Å². The van der Waals surface area contributed by atoms with Crippen LogP contribution in [-0.4, -0.2) is 61.6 Å². The predicted octanol–water partition coefficient (Wildman–Crippen LogP) is 1.93. The van der Waals surface area contributed by atoms with Crippen LogP contribution in [0.2, 0.25) is 0 Å². The van der Waals surface area contributed by atoms with Gasteiger partial charge in [-0.15, -0.1) is 0 Å². The smallest absolute Gasteiger partial charge is 0.254 e. The van der Waals surface area contributed by atoms with Gasteiger partial charge < -0.3 is 14.5 Å². The summed E-state index contributed by atoms with van der Waals surface area (Å²) < 4.78 is 5.45. The van der Waals surface area contributed by atoms with Gasteiger partial charge in [-0.05, 0) is 36.8 Å². The molecule has 2 aliphatic rings. The lowest BCUT2D eigenvalue weighted by atomic mass is 10.1. The fraction of sp³-hybridized carbons (Fsp3) is 0.667. The van der Waals surface area contributed by atoms with Crippen LogP contribution in [0, 0.1) is 5.92 Å². The van der Waals surface area contributed by atoms with Gasteiger partial charge in [-0.1, -0.05) is 0 Å². The molecule has 0 bridgehead atoms. The summed E-state index contributed by atoms with van der Waals surface area (Å²) in [5.41, 5.74) is 0.840. The second-order valence-corrected chi connectivity index (χ2v) is 6.47. The number of nitrogens with zero attached hydrogens (tertiary/aromatic N) is 2. The van der Waals surface area contributed by atoms with Crippen molar-refractivity contribution in [3.63, 3.8) is 0 Å². The molecule has 1 aromatic rings. The van der Waals surface area contributed by atoms with E-state index in [2.05, 4.69) is 4.90 Å². The SMILES string of the molecule is O=C(c1ccsc1)N1CCCN(CC2CCOC2)CC1. The molecule has 3 heterocycles. The highest BCUT2D eigenvalue weighted by Crippen LogP contribution is 2.16. The van der Waals surface area contributed by atoms with Gasteiger partial charge in [-0.3, -0.25) is 4.79 Å². The largest absolute Gasteiger partial charge is 0.381 e. The van der Waals surface area contributed by atoms with E-state index in [0.29, 0.717) is 5.92 Å². The van der Waals surface area contributed by atoms with E-state index in [1.54, 1.807) is 11.3 Å². The highest BCUT2D eigenvalue weighted by molar-refractivity contribution is 7.08. The molecule has 2 aliphatic heterocycles. The van der Waals surface area contributed by atoms with E-state index < -0.39 is 0 Å². The van der Waals surface area contributed by atoms with Gasteiger partial charge in [0.25, 0.3) is 5.91 Å². The van der Waals surface area contributed by atoms with Gasteiger partial charge in [0.15, 0.2) is 0 Å². The molecule has 1 amide bonds. The molecule has 1 unspecified atom stereocenters. The Morgan fingerprint density at radius 3 is 3.05 bits per heavy atom. The molecule has 4 nitrogen and oxygen atoms in total. The average Bonchev–Trinajstić information content (AvgIpc) is 3.10. The molecule has 0 spiro atoms. The van der Waals surface area contributed by atoms with Crippen molar-refractivity contribution in [2.45, 2.75) is 12.8 Å². The molecule has 3 rings (SSSR count). The third kappa shape index (κ3) is 3.40. The number of amides is 1. The Morgan fingerprint density at radius 2 is 2.30 bits per heavy atom. The van der Waals surface area contributed by atoms with Gasteiger partial charge in [0.05, 0.1) is 12.2 Å². The quantitative estimate of drug-likeness (QED) is 0.854. The first-order chi connectivity index (χ1) is 9.83. The van der Waals surface area contributed by atoms with Crippen LogP contribution >= 0.6 is 11.3 Å². The lowest BCUT2D eigenvalue weighted by Crippen LogP contribution is -2.36. The van der Waals surface area contributed by atoms with Crippen LogP contribution < -0.4 is 0 Å². The van der Waals surface area contributed by atoms with Gasteiger partial charge in [-0.2, -0.15) is 11.3 Å². The second kappa shape index (κ2) is 6.70. The molecule has 20 heavy (non-hydrogen) atoms. The summed E-state index contributed by atoms with van der Waals surface area (Å²) in [5, 5.41) is 3.91. The minimum Gasteiger partial charge on any atom is -0.381 e. The average molecular weight is 294 g/mol. The van der Waals surface area contributed by atoms with E-state index in [9.17, 15) is 4.79 Å². The first kappa shape index (κ1) is 14.0. The molecule has 1 aromatic heterocycles. The summed E-state index contributed by atoms with van der Waals surface area (Å²) in [7, 11) is 0. The van der Waals surface area contributed by atoms with Crippen LogP contribution in [-0.2, 0) is 4.74 Å². The molecule has 0 aliphatic carbocycles. The second-order valence-electron chi connectivity index (χ2n) is 5.69. The van der Waals surface area contributed by atoms with Crippen LogP contribution in [0.5, 0.6) is 0 Å². The van der Waals surface area contributed by atoms with E-state index in [1.165, 1.54) is 6.42 Å². The van der Waals surface area contributed by atoms with E-state index in [0.717, 1.165) is 57.9 Å². The molecular weight excluding hydrogens is 272 g/mol. The van der Waals surface area contributed by atoms with E-state index in [4.69, 9.17) is 4.74 Å². The van der Waals surface area contributed by atoms with Crippen LogP contribution in [0.25, 0.3) is 0 Å². The van der Waals surface area contributed by atoms with Crippen molar-refractivity contribution >= 4 is 17.2 Å². The Morgan fingerprint density at radius 1 is 1.35 bits per heavy atom. The lowest BCUT2D eigenvalue weighted by molar-refractivity contribution is 0.0760. The van der Waals surface area contributed by atoms with E-state index in [-0.39, 0.29) is 5.91 Å². The maximum atomic E-state index is 12.4. The van der Waals surface area contributed by atoms with Crippen molar-refractivity contribution in [2.24, 2.45) is 5.92 Å². The van der Waals surface area contributed by atoms with E-state index >= 15 is 0 Å². The van der Waals surface area contributed by atoms with Gasteiger partial charge >= 0.3 is 0 Å². The van der Waals surface area contributed by atoms with Crippen molar-refractivity contribution in [3.05, 3.63) is 22.4 Å².